The molecule has 3 N–H and O–H groups in total. The van der Waals surface area contributed by atoms with Crippen LogP contribution in [0.4, 0.5) is 0 Å². The van der Waals surface area contributed by atoms with Gasteiger partial charge in [-0.25, -0.2) is 13.1 Å². The van der Waals surface area contributed by atoms with Crippen molar-refractivity contribution >= 4 is 38.6 Å². The number of nitrogens with two attached hydrogens (primary N) is 1. The topological polar surface area (TPSA) is 72.2 Å². The first kappa shape index (κ1) is 13.6. The van der Waals surface area contributed by atoms with Crippen LogP contribution in [0.15, 0.2) is 21.7 Å². The monoisotopic (exact) mass is 278 g/mol. The number of hydrogen-bond donors (Lipinski definition) is 2. The van der Waals surface area contributed by atoms with Gasteiger partial charge in [0.25, 0.3) is 0 Å². The quantitative estimate of drug-likeness (QED) is 0.585. The molecule has 0 saturated carbocycles. The second kappa shape index (κ2) is 6.29. The zero-order valence-corrected chi connectivity index (χ0v) is 11.1. The molecule has 0 radical (unpaired) electrons. The number of nitrogens with one attached hydrogen (secondary N) is 1. The first-order valence-electron chi connectivity index (χ1n) is 4.84. The van der Waals surface area contributed by atoms with E-state index in [4.69, 9.17) is 18.0 Å². The minimum absolute atomic E-state index is 0.349. The van der Waals surface area contributed by atoms with E-state index < -0.39 is 10.0 Å². The van der Waals surface area contributed by atoms with Crippen LogP contribution in [-0.2, 0) is 10.0 Å². The van der Waals surface area contributed by atoms with Gasteiger partial charge in [0.1, 0.15) is 4.21 Å². The largest absolute Gasteiger partial charge is 0.393 e. The minimum Gasteiger partial charge on any atom is -0.393 e. The van der Waals surface area contributed by atoms with Gasteiger partial charge in [-0.2, -0.15) is 0 Å². The van der Waals surface area contributed by atoms with Crippen molar-refractivity contribution in [2.45, 2.75) is 23.5 Å². The molecule has 0 unspecified atom stereocenters. The average molecular weight is 278 g/mol. The maximum atomic E-state index is 11.6. The van der Waals surface area contributed by atoms with Gasteiger partial charge in [-0.05, 0) is 30.7 Å². The third kappa shape index (κ3) is 4.56. The van der Waals surface area contributed by atoms with E-state index in [0.29, 0.717) is 22.2 Å². The zero-order chi connectivity index (χ0) is 12.0. The molecule has 0 bridgehead atoms. The molecule has 0 aliphatic rings. The lowest BCUT2D eigenvalue weighted by Crippen LogP contribution is -2.24. The van der Waals surface area contributed by atoms with E-state index in [1.54, 1.807) is 17.5 Å². The molecular formula is C9H14N2O2S3. The third-order valence-electron chi connectivity index (χ3n) is 1.90. The van der Waals surface area contributed by atoms with E-state index in [9.17, 15) is 8.42 Å². The normalized spacial score (nSPS) is 11.5. The molecular weight excluding hydrogens is 264 g/mol. The second-order valence-corrected chi connectivity index (χ2v) is 6.72. The minimum atomic E-state index is -3.31. The van der Waals surface area contributed by atoms with Crippen LogP contribution in [-0.4, -0.2) is 20.0 Å². The molecule has 0 saturated heterocycles. The lowest BCUT2D eigenvalue weighted by Gasteiger charge is -2.04. The average Bonchev–Trinajstić information content (AvgIpc) is 2.69. The molecule has 1 rings (SSSR count). The summed E-state index contributed by atoms with van der Waals surface area (Å²) in [6, 6.07) is 3.30. The van der Waals surface area contributed by atoms with Gasteiger partial charge in [-0.15, -0.1) is 11.3 Å². The van der Waals surface area contributed by atoms with E-state index in [1.165, 1.54) is 11.3 Å². The highest BCUT2D eigenvalue weighted by molar-refractivity contribution is 7.91. The summed E-state index contributed by atoms with van der Waals surface area (Å²) < 4.78 is 26.2. The highest BCUT2D eigenvalue weighted by Gasteiger charge is 2.13. The van der Waals surface area contributed by atoms with E-state index in [2.05, 4.69) is 4.72 Å². The van der Waals surface area contributed by atoms with Crippen LogP contribution in [0.2, 0.25) is 0 Å². The van der Waals surface area contributed by atoms with Gasteiger partial charge < -0.3 is 5.73 Å². The number of hydrogen-bond acceptors (Lipinski definition) is 4. The molecule has 4 nitrogen and oxygen atoms in total. The summed E-state index contributed by atoms with van der Waals surface area (Å²) in [5.74, 6) is 0. The summed E-state index contributed by atoms with van der Waals surface area (Å²) in [5.41, 5.74) is 5.33. The molecule has 0 aliphatic heterocycles. The first-order chi connectivity index (χ1) is 7.52. The fourth-order valence-electron chi connectivity index (χ4n) is 1.12. The molecule has 0 spiro atoms. The first-order valence-corrected chi connectivity index (χ1v) is 7.61. The molecule has 0 aliphatic carbocycles. The van der Waals surface area contributed by atoms with Crippen molar-refractivity contribution in [2.75, 3.05) is 6.54 Å². The van der Waals surface area contributed by atoms with Gasteiger partial charge in [-0.3, -0.25) is 0 Å². The Morgan fingerprint density at radius 2 is 2.25 bits per heavy atom. The molecule has 1 aromatic rings. The Morgan fingerprint density at radius 3 is 2.81 bits per heavy atom. The van der Waals surface area contributed by atoms with Crippen LogP contribution in [0.5, 0.6) is 0 Å². The van der Waals surface area contributed by atoms with Crippen molar-refractivity contribution in [2.24, 2.45) is 5.73 Å². The summed E-state index contributed by atoms with van der Waals surface area (Å²) in [5, 5.41) is 1.74. The number of unbranched alkanes of at least 4 members (excludes halogenated alkanes) is 1. The molecule has 0 amide bonds. The molecule has 16 heavy (non-hydrogen) atoms. The molecule has 1 aromatic heterocycles. The predicted octanol–water partition coefficient (Wildman–Crippen LogP) is 1.48. The fourth-order valence-corrected chi connectivity index (χ4v) is 3.37. The molecule has 0 aromatic carbocycles. The Bertz CT molecular complexity index is 426. The lowest BCUT2D eigenvalue weighted by atomic mass is 10.2. The smallest absolute Gasteiger partial charge is 0.250 e. The van der Waals surface area contributed by atoms with Crippen LogP contribution in [0, 0.1) is 0 Å². The highest BCUT2D eigenvalue weighted by Crippen LogP contribution is 2.15. The summed E-state index contributed by atoms with van der Waals surface area (Å²) in [7, 11) is -3.31. The molecule has 0 atom stereocenters. The Kier molecular flexibility index (Phi) is 5.33. The van der Waals surface area contributed by atoms with Crippen molar-refractivity contribution in [3.8, 4) is 0 Å². The van der Waals surface area contributed by atoms with E-state index >= 15 is 0 Å². The Labute approximate surface area is 105 Å². The SMILES string of the molecule is NC(=S)CCCCNS(=O)(=O)c1cccs1. The third-order valence-corrected chi connectivity index (χ3v) is 4.96. The van der Waals surface area contributed by atoms with Crippen molar-refractivity contribution in [3.63, 3.8) is 0 Å². The van der Waals surface area contributed by atoms with Crippen LogP contribution in [0.25, 0.3) is 0 Å². The van der Waals surface area contributed by atoms with Gasteiger partial charge in [0.15, 0.2) is 0 Å². The number of rotatable bonds is 7. The summed E-state index contributed by atoms with van der Waals surface area (Å²) in [6.45, 7) is 0.419. The molecule has 0 fully saturated rings. The molecule has 90 valence electrons. The number of sulfonamides is 1. The zero-order valence-electron chi connectivity index (χ0n) is 8.68. The Morgan fingerprint density at radius 1 is 1.50 bits per heavy atom. The number of thiocarbonyl (C=S) groups is 1. The summed E-state index contributed by atoms with van der Waals surface area (Å²) >= 11 is 5.93. The highest BCUT2D eigenvalue weighted by atomic mass is 32.2. The second-order valence-electron chi connectivity index (χ2n) is 3.25. The number of thiophene rings is 1. The van der Waals surface area contributed by atoms with E-state index in [0.717, 1.165) is 12.8 Å². The Hall–Kier alpha value is -0.500. The van der Waals surface area contributed by atoms with Crippen molar-refractivity contribution in [1.29, 1.82) is 0 Å². The fraction of sp³-hybridized carbons (Fsp3) is 0.444. The van der Waals surface area contributed by atoms with Crippen LogP contribution in [0.1, 0.15) is 19.3 Å². The maximum Gasteiger partial charge on any atom is 0.250 e. The molecule has 7 heteroatoms. The Balaban J connectivity index is 2.30. The molecule has 1 heterocycles. The van der Waals surface area contributed by atoms with Gasteiger partial charge in [-0.1, -0.05) is 18.3 Å². The lowest BCUT2D eigenvalue weighted by molar-refractivity contribution is 0.579. The van der Waals surface area contributed by atoms with Crippen molar-refractivity contribution < 1.29 is 8.42 Å². The van der Waals surface area contributed by atoms with E-state index in [-0.39, 0.29) is 0 Å². The maximum absolute atomic E-state index is 11.6. The van der Waals surface area contributed by atoms with Gasteiger partial charge in [0.2, 0.25) is 10.0 Å². The van der Waals surface area contributed by atoms with Gasteiger partial charge >= 0.3 is 0 Å². The van der Waals surface area contributed by atoms with Crippen LogP contribution in [0.3, 0.4) is 0 Å². The van der Waals surface area contributed by atoms with Crippen molar-refractivity contribution in [3.05, 3.63) is 17.5 Å². The van der Waals surface area contributed by atoms with Crippen molar-refractivity contribution in [1.82, 2.24) is 4.72 Å². The standard InChI is InChI=1S/C9H14N2O2S3/c10-8(14)4-1-2-6-11-16(12,13)9-5-3-7-15-9/h3,5,7,11H,1-2,4,6H2,(H2,10,14). The summed E-state index contributed by atoms with van der Waals surface area (Å²) in [6.07, 6.45) is 2.21. The predicted molar refractivity (Wildman–Crippen MR) is 70.1 cm³/mol. The van der Waals surface area contributed by atoms with Crippen LogP contribution >= 0.6 is 23.6 Å². The van der Waals surface area contributed by atoms with E-state index in [1.807, 2.05) is 0 Å². The van der Waals surface area contributed by atoms with Crippen LogP contribution < -0.4 is 10.5 Å². The van der Waals surface area contributed by atoms with Gasteiger partial charge in [0.05, 0.1) is 4.99 Å². The summed E-state index contributed by atoms with van der Waals surface area (Å²) in [4.78, 5) is 0.473. The van der Waals surface area contributed by atoms with Gasteiger partial charge in [0, 0.05) is 6.54 Å².